The first-order valence-corrected chi connectivity index (χ1v) is 13.8. The van der Waals surface area contributed by atoms with Gasteiger partial charge in [-0.05, 0) is 36.4 Å². The molecule has 1 spiro atoms. The zero-order chi connectivity index (χ0) is 32.0. The average molecular weight is 635 g/mol. The van der Waals surface area contributed by atoms with E-state index in [0.29, 0.717) is 0 Å². The van der Waals surface area contributed by atoms with E-state index in [0.717, 1.165) is 50.4 Å². The number of aliphatic carboxylic acids is 2. The quantitative estimate of drug-likeness (QED) is 0.374. The number of fused-ring (bicyclic) bond motifs is 2. The van der Waals surface area contributed by atoms with E-state index in [1.165, 1.54) is 28.4 Å². The summed E-state index contributed by atoms with van der Waals surface area (Å²) >= 11 is 1.53. The van der Waals surface area contributed by atoms with Gasteiger partial charge in [0.1, 0.15) is 5.82 Å². The lowest BCUT2D eigenvalue weighted by Crippen LogP contribution is -2.58. The lowest BCUT2D eigenvalue weighted by molar-refractivity contribution is -0.193. The number of piperidine rings is 1. The second-order valence-electron chi connectivity index (χ2n) is 9.47. The number of aromatic nitrogens is 2. The van der Waals surface area contributed by atoms with E-state index < -0.39 is 24.3 Å². The molecule has 1 amide bonds. The summed E-state index contributed by atoms with van der Waals surface area (Å²) in [6, 6.07) is 14.4. The van der Waals surface area contributed by atoms with Crippen LogP contribution in [0.1, 0.15) is 35.3 Å². The van der Waals surface area contributed by atoms with Crippen molar-refractivity contribution in [3.63, 3.8) is 0 Å². The van der Waals surface area contributed by atoms with Crippen molar-refractivity contribution < 1.29 is 50.9 Å². The summed E-state index contributed by atoms with van der Waals surface area (Å²) in [7, 11) is 0. The van der Waals surface area contributed by atoms with Gasteiger partial charge in [0.25, 0.3) is 5.91 Å². The number of carbonyl (C=O) groups excluding carboxylic acids is 1. The molecule has 0 aliphatic carbocycles. The molecule has 5 rings (SSSR count). The molecule has 9 nitrogen and oxygen atoms in total. The molecule has 1 fully saturated rings. The maximum Gasteiger partial charge on any atom is 0.490 e. The number of likely N-dealkylation sites (N-methyl/N-ethyl adjacent to an activating group) is 1. The van der Waals surface area contributed by atoms with Gasteiger partial charge in [-0.1, -0.05) is 43.3 Å². The maximum atomic E-state index is 12.8. The number of rotatable bonds is 3. The Morgan fingerprint density at radius 1 is 0.884 bits per heavy atom. The van der Waals surface area contributed by atoms with Crippen molar-refractivity contribution >= 4 is 29.2 Å². The van der Waals surface area contributed by atoms with Crippen molar-refractivity contribution in [2.24, 2.45) is 0 Å². The van der Waals surface area contributed by atoms with E-state index in [1.54, 1.807) is 0 Å². The first-order chi connectivity index (χ1) is 20.1. The number of likely N-dealkylation sites (tertiary alicyclic amines) is 1. The van der Waals surface area contributed by atoms with Crippen LogP contribution >= 0.6 is 11.3 Å². The highest BCUT2D eigenvalue weighted by atomic mass is 32.1. The van der Waals surface area contributed by atoms with E-state index in [-0.39, 0.29) is 11.4 Å². The summed E-state index contributed by atoms with van der Waals surface area (Å²) in [4.78, 5) is 41.0. The molecule has 2 N–H and O–H groups in total. The third-order valence-electron chi connectivity index (χ3n) is 7.02. The Balaban J connectivity index is 0.000000303. The predicted molar refractivity (Wildman–Crippen MR) is 143 cm³/mol. The standard InChI is InChI=1S/C23H26N4OS.2C2HF3O2/c1-2-26-14-15-27-19(18-7-4-3-5-8-18)17-24-22(27)23(26)10-12-25(13-11-23)21(28)20-9-6-16-29-20;2*3-2(4,5)1(6)7/h3-9,16-17H,2,10-15H2,1H3;2*(H,6,7). The fourth-order valence-electron chi connectivity index (χ4n) is 5.03. The number of hydrogen-bond donors (Lipinski definition) is 2. The van der Waals surface area contributed by atoms with Gasteiger partial charge in [-0.15, -0.1) is 11.3 Å². The molecule has 43 heavy (non-hydrogen) atoms. The van der Waals surface area contributed by atoms with Crippen LogP contribution in [0, 0.1) is 0 Å². The van der Waals surface area contributed by atoms with Crippen LogP contribution in [-0.4, -0.2) is 85.9 Å². The van der Waals surface area contributed by atoms with Crippen LogP contribution in [0.15, 0.2) is 54.0 Å². The lowest BCUT2D eigenvalue weighted by Gasteiger charge is -2.50. The molecule has 0 unspecified atom stereocenters. The van der Waals surface area contributed by atoms with Crippen molar-refractivity contribution in [2.75, 3.05) is 26.2 Å². The Hall–Kier alpha value is -3.92. The van der Waals surface area contributed by atoms with E-state index >= 15 is 0 Å². The molecule has 2 aliphatic rings. The third-order valence-corrected chi connectivity index (χ3v) is 7.87. The molecule has 2 aromatic heterocycles. The van der Waals surface area contributed by atoms with Gasteiger partial charge in [-0.25, -0.2) is 14.6 Å². The normalized spacial score (nSPS) is 16.3. The average Bonchev–Trinajstić information content (AvgIpc) is 3.65. The van der Waals surface area contributed by atoms with Gasteiger partial charge in [-0.3, -0.25) is 9.69 Å². The lowest BCUT2D eigenvalue weighted by atomic mass is 9.83. The van der Waals surface area contributed by atoms with E-state index in [1.807, 2.05) is 28.6 Å². The Morgan fingerprint density at radius 2 is 1.44 bits per heavy atom. The minimum atomic E-state index is -5.08. The largest absolute Gasteiger partial charge is 0.490 e. The van der Waals surface area contributed by atoms with Crippen LogP contribution < -0.4 is 0 Å². The number of carboxylic acids is 2. The van der Waals surface area contributed by atoms with Gasteiger partial charge in [0.05, 0.1) is 22.3 Å². The summed E-state index contributed by atoms with van der Waals surface area (Å²) in [6.07, 6.45) is -6.26. The van der Waals surface area contributed by atoms with Gasteiger partial charge in [-0.2, -0.15) is 26.3 Å². The summed E-state index contributed by atoms with van der Waals surface area (Å²) in [6.45, 7) is 6.79. The van der Waals surface area contributed by atoms with Crippen LogP contribution in [-0.2, 0) is 21.7 Å². The van der Waals surface area contributed by atoms with Crippen LogP contribution in [0.25, 0.3) is 11.3 Å². The minimum Gasteiger partial charge on any atom is -0.475 e. The molecule has 16 heteroatoms. The highest BCUT2D eigenvalue weighted by Gasteiger charge is 2.47. The zero-order valence-corrected chi connectivity index (χ0v) is 23.5. The second kappa shape index (κ2) is 13.6. The number of carbonyl (C=O) groups is 3. The van der Waals surface area contributed by atoms with E-state index in [2.05, 4.69) is 46.7 Å². The molecular weight excluding hydrogens is 606 g/mol. The Kier molecular flexibility index (Phi) is 10.6. The smallest absolute Gasteiger partial charge is 0.475 e. The maximum absolute atomic E-state index is 12.8. The fourth-order valence-corrected chi connectivity index (χ4v) is 5.72. The molecule has 2 aliphatic heterocycles. The molecule has 234 valence electrons. The molecule has 0 bridgehead atoms. The predicted octanol–water partition coefficient (Wildman–Crippen LogP) is 5.35. The molecular formula is C27H28F6N4O5S. The van der Waals surface area contributed by atoms with Crippen molar-refractivity contribution in [2.45, 2.75) is 44.2 Å². The van der Waals surface area contributed by atoms with Gasteiger partial charge < -0.3 is 19.7 Å². The number of nitrogens with zero attached hydrogens (tertiary/aromatic N) is 4. The summed E-state index contributed by atoms with van der Waals surface area (Å²) in [5, 5.41) is 16.2. The number of alkyl halides is 6. The van der Waals surface area contributed by atoms with Gasteiger partial charge in [0.2, 0.25) is 0 Å². The molecule has 0 radical (unpaired) electrons. The number of imidazole rings is 1. The first-order valence-electron chi connectivity index (χ1n) is 12.9. The van der Waals surface area contributed by atoms with Crippen molar-refractivity contribution in [1.82, 2.24) is 19.4 Å². The first kappa shape index (κ1) is 33.6. The van der Waals surface area contributed by atoms with Crippen LogP contribution in [0.5, 0.6) is 0 Å². The third kappa shape index (κ3) is 7.93. The molecule has 0 atom stereocenters. The van der Waals surface area contributed by atoms with Crippen LogP contribution in [0.4, 0.5) is 26.3 Å². The van der Waals surface area contributed by atoms with Crippen molar-refractivity contribution in [3.05, 3.63) is 64.7 Å². The number of thiophene rings is 1. The van der Waals surface area contributed by atoms with Crippen molar-refractivity contribution in [1.29, 1.82) is 0 Å². The molecule has 4 heterocycles. The van der Waals surface area contributed by atoms with Gasteiger partial charge >= 0.3 is 24.3 Å². The van der Waals surface area contributed by atoms with Gasteiger partial charge in [0, 0.05) is 26.2 Å². The summed E-state index contributed by atoms with van der Waals surface area (Å²) in [5.41, 5.74) is 2.34. The highest BCUT2D eigenvalue weighted by Crippen LogP contribution is 2.42. The summed E-state index contributed by atoms with van der Waals surface area (Å²) in [5.74, 6) is -4.17. The second-order valence-corrected chi connectivity index (χ2v) is 10.4. The highest BCUT2D eigenvalue weighted by molar-refractivity contribution is 7.12. The molecule has 1 aromatic carbocycles. The number of amides is 1. The molecule has 1 saturated heterocycles. The number of benzene rings is 1. The number of halogens is 6. The van der Waals surface area contributed by atoms with Crippen molar-refractivity contribution in [3.8, 4) is 11.3 Å². The number of hydrogen-bond acceptors (Lipinski definition) is 6. The van der Waals surface area contributed by atoms with Crippen LogP contribution in [0.2, 0.25) is 0 Å². The SMILES string of the molecule is CCN1CCn2c(-c3ccccc3)cnc2C12CCN(C(=O)c1cccs1)CC2.O=C(O)C(F)(F)F.O=C(O)C(F)(F)F. The fraction of sp³-hybridized carbons (Fsp3) is 0.407. The minimum absolute atomic E-state index is 0.0771. The van der Waals surface area contributed by atoms with Gasteiger partial charge in [0.15, 0.2) is 0 Å². The van der Waals surface area contributed by atoms with E-state index in [9.17, 15) is 31.1 Å². The number of carboxylic acid groups (broad SMARTS) is 2. The Bertz CT molecular complexity index is 1360. The van der Waals surface area contributed by atoms with Crippen LogP contribution in [0.3, 0.4) is 0 Å². The molecule has 3 aromatic rings. The summed E-state index contributed by atoms with van der Waals surface area (Å²) < 4.78 is 65.9. The Labute approximate surface area is 246 Å². The monoisotopic (exact) mass is 634 g/mol. The zero-order valence-electron chi connectivity index (χ0n) is 22.7. The Morgan fingerprint density at radius 3 is 1.91 bits per heavy atom. The van der Waals surface area contributed by atoms with E-state index in [4.69, 9.17) is 24.8 Å². The topological polar surface area (TPSA) is 116 Å². The molecule has 0 saturated carbocycles.